The van der Waals surface area contributed by atoms with E-state index in [9.17, 15) is 38.9 Å². The van der Waals surface area contributed by atoms with Crippen LogP contribution in [0.2, 0.25) is 0 Å². The number of anilines is 4. The van der Waals surface area contributed by atoms with E-state index in [0.717, 1.165) is 39.4 Å². The van der Waals surface area contributed by atoms with Gasteiger partial charge < -0.3 is 18.9 Å². The molecule has 0 radical (unpaired) electrons. The maximum Gasteiger partial charge on any atom is 1.00 e. The van der Waals surface area contributed by atoms with Crippen LogP contribution in [-0.4, -0.2) is 70.3 Å². The SMILES string of the molecule is CN(c1ccc(C(=C2C=CC(=[N+](C)c3cccc(S(=O)(=O)[O-])c3)C=C2)c2ccc(N(C)c3cccc(S(=O)(=O)O)c3)cc2)cc1)c1cccc(S(=O)(=O)[O-])c1.[Na+].[Na+]. The van der Waals surface area contributed by atoms with Gasteiger partial charge in [0, 0.05) is 61.1 Å². The Balaban J connectivity index is 0.00000360. The Morgan fingerprint density at radius 1 is 0.544 bits per heavy atom. The summed E-state index contributed by atoms with van der Waals surface area (Å²) in [6, 6.07) is 32.7. The van der Waals surface area contributed by atoms with E-state index in [4.69, 9.17) is 0 Å². The van der Waals surface area contributed by atoms with E-state index in [1.54, 1.807) is 59.8 Å². The van der Waals surface area contributed by atoms with Gasteiger partial charge in [0.25, 0.3) is 10.1 Å². The molecule has 0 spiro atoms. The van der Waals surface area contributed by atoms with Gasteiger partial charge in [0.05, 0.1) is 14.7 Å². The van der Waals surface area contributed by atoms with Gasteiger partial charge in [0.1, 0.15) is 27.3 Å². The number of rotatable bonds is 10. The molecule has 1 N–H and O–H groups in total. The molecule has 0 heterocycles. The van der Waals surface area contributed by atoms with E-state index in [0.29, 0.717) is 17.1 Å². The standard InChI is InChI=1S/C40H35N3O9S3.2Na/c1-41(34-7-4-10-37(25-34)53(44,45)46)31-19-13-28(14-20-31)40(29-15-21-32(22-16-29)42(2)35-8-5-11-38(26-35)54(47,48)49)30-17-23-33(24-18-30)43(3)36-9-6-12-39(27-36)55(50,51)52;;/h4-27H,1-3H3,(H2-,44,45,46,47,48,49,50,51,52);;/q;2*+1/p-1. The molecule has 12 nitrogen and oxygen atoms in total. The van der Waals surface area contributed by atoms with Gasteiger partial charge in [-0.05, 0) is 101 Å². The minimum atomic E-state index is -4.64. The van der Waals surface area contributed by atoms with Crippen molar-refractivity contribution in [1.29, 1.82) is 0 Å². The maximum atomic E-state index is 11.8. The van der Waals surface area contributed by atoms with Crippen molar-refractivity contribution < 1.29 is 103 Å². The summed E-state index contributed by atoms with van der Waals surface area (Å²) in [4.78, 5) is 2.66. The third kappa shape index (κ3) is 10.9. The summed E-state index contributed by atoms with van der Waals surface area (Å²) in [5.74, 6) is 0. The molecule has 17 heteroatoms. The summed E-state index contributed by atoms with van der Waals surface area (Å²) in [6.07, 6.45) is 7.59. The zero-order chi connectivity index (χ0) is 39.7. The Kier molecular flexibility index (Phi) is 14.9. The molecular weight excluding hydrogens is 809 g/mol. The summed E-state index contributed by atoms with van der Waals surface area (Å²) >= 11 is 0. The molecule has 0 bridgehead atoms. The Morgan fingerprint density at radius 2 is 0.947 bits per heavy atom. The van der Waals surface area contributed by atoms with Gasteiger partial charge in [-0.3, -0.25) is 4.55 Å². The molecular formula is C40H34N3Na2O9S3+. The molecule has 1 aliphatic rings. The fraction of sp³-hybridized carbons (Fsp3) is 0.0750. The molecule has 1 aliphatic carbocycles. The molecule has 0 saturated heterocycles. The van der Waals surface area contributed by atoms with Gasteiger partial charge in [-0.2, -0.15) is 13.0 Å². The van der Waals surface area contributed by atoms with Crippen molar-refractivity contribution in [3.63, 3.8) is 0 Å². The van der Waals surface area contributed by atoms with Crippen molar-refractivity contribution in [2.75, 3.05) is 30.9 Å². The maximum absolute atomic E-state index is 11.8. The van der Waals surface area contributed by atoms with Crippen LogP contribution < -0.4 is 68.9 Å². The zero-order valence-corrected chi connectivity index (χ0v) is 38.1. The molecule has 0 amide bonds. The van der Waals surface area contributed by atoms with E-state index in [1.165, 1.54) is 48.5 Å². The predicted octanol–water partition coefficient (Wildman–Crippen LogP) is 0.628. The van der Waals surface area contributed by atoms with Crippen LogP contribution in [0.3, 0.4) is 0 Å². The average Bonchev–Trinajstić information content (AvgIpc) is 3.17. The largest absolute Gasteiger partial charge is 1.00 e. The van der Waals surface area contributed by atoms with Crippen LogP contribution in [0.1, 0.15) is 11.1 Å². The smallest absolute Gasteiger partial charge is 0.744 e. The summed E-state index contributed by atoms with van der Waals surface area (Å²) in [6.45, 7) is 0. The van der Waals surface area contributed by atoms with Crippen LogP contribution in [0.15, 0.2) is 166 Å². The summed E-state index contributed by atoms with van der Waals surface area (Å²) in [5.41, 5.74) is 7.13. The number of hydrogen-bond donors (Lipinski definition) is 1. The number of benzene rings is 5. The quantitative estimate of drug-likeness (QED) is 0.119. The molecule has 5 aromatic carbocycles. The molecule has 0 aromatic heterocycles. The monoisotopic (exact) mass is 842 g/mol. The van der Waals surface area contributed by atoms with Crippen molar-refractivity contribution >= 4 is 70.1 Å². The van der Waals surface area contributed by atoms with Crippen LogP contribution in [0.4, 0.5) is 28.4 Å². The minimum absolute atomic E-state index is 0. The number of nitrogens with zero attached hydrogens (tertiary/aromatic N) is 3. The van der Waals surface area contributed by atoms with Crippen molar-refractivity contribution in [3.05, 3.63) is 162 Å². The summed E-state index contributed by atoms with van der Waals surface area (Å²) in [7, 11) is -8.39. The van der Waals surface area contributed by atoms with Crippen LogP contribution in [0.25, 0.3) is 5.57 Å². The van der Waals surface area contributed by atoms with E-state index < -0.39 is 30.4 Å². The molecule has 282 valence electrons. The van der Waals surface area contributed by atoms with E-state index in [2.05, 4.69) is 0 Å². The van der Waals surface area contributed by atoms with Crippen LogP contribution >= 0.6 is 0 Å². The number of allylic oxidation sites excluding steroid dienone is 5. The van der Waals surface area contributed by atoms with E-state index >= 15 is 0 Å². The molecule has 0 aliphatic heterocycles. The molecule has 6 rings (SSSR count). The summed E-state index contributed by atoms with van der Waals surface area (Å²) in [5, 5.41) is 0. The van der Waals surface area contributed by atoms with Crippen molar-refractivity contribution in [2.45, 2.75) is 14.7 Å². The van der Waals surface area contributed by atoms with Crippen molar-refractivity contribution in [3.8, 4) is 0 Å². The first-order chi connectivity index (χ1) is 25.9. The first-order valence-electron chi connectivity index (χ1n) is 16.5. The predicted molar refractivity (Wildman–Crippen MR) is 209 cm³/mol. The second-order valence-corrected chi connectivity index (χ2v) is 16.7. The first kappa shape index (κ1) is 46.0. The minimum Gasteiger partial charge on any atom is -0.744 e. The van der Waals surface area contributed by atoms with Gasteiger partial charge in [0.2, 0.25) is 11.4 Å². The van der Waals surface area contributed by atoms with Gasteiger partial charge in [-0.1, -0.05) is 42.5 Å². The van der Waals surface area contributed by atoms with Crippen LogP contribution in [0, 0.1) is 0 Å². The fourth-order valence-corrected chi connectivity index (χ4v) is 7.59. The molecule has 0 saturated carbocycles. The van der Waals surface area contributed by atoms with Crippen molar-refractivity contribution in [1.82, 2.24) is 0 Å². The Hall–Kier alpha value is -3.68. The van der Waals surface area contributed by atoms with Crippen LogP contribution in [0.5, 0.6) is 0 Å². The van der Waals surface area contributed by atoms with Gasteiger partial charge in [0.15, 0.2) is 0 Å². The normalized spacial score (nSPS) is 12.7. The second-order valence-electron chi connectivity index (χ2n) is 12.6. The van der Waals surface area contributed by atoms with Gasteiger partial charge in [-0.25, -0.2) is 16.8 Å². The molecule has 5 aromatic rings. The van der Waals surface area contributed by atoms with E-state index in [-0.39, 0.29) is 73.8 Å². The second kappa shape index (κ2) is 18.5. The third-order valence-electron chi connectivity index (χ3n) is 9.12. The van der Waals surface area contributed by atoms with E-state index in [1.807, 2.05) is 72.8 Å². The number of hydrogen-bond acceptors (Lipinski definition) is 10. The molecule has 0 unspecified atom stereocenters. The summed E-state index contributed by atoms with van der Waals surface area (Å²) < 4.78 is 105. The Labute approximate surface area is 377 Å². The average molecular weight is 843 g/mol. The third-order valence-corrected chi connectivity index (χ3v) is 11.6. The Bertz CT molecular complexity index is 2630. The van der Waals surface area contributed by atoms with Crippen molar-refractivity contribution in [2.24, 2.45) is 0 Å². The molecule has 0 fully saturated rings. The Morgan fingerprint density at radius 3 is 1.39 bits per heavy atom. The fourth-order valence-electron chi connectivity index (χ4n) is 6.05. The molecule has 57 heavy (non-hydrogen) atoms. The first-order valence-corrected chi connectivity index (χ1v) is 20.7. The van der Waals surface area contributed by atoms with Gasteiger partial charge in [-0.15, -0.1) is 0 Å². The van der Waals surface area contributed by atoms with Gasteiger partial charge >= 0.3 is 59.1 Å². The topological polar surface area (TPSA) is 178 Å². The zero-order valence-electron chi connectivity index (χ0n) is 31.6. The molecule has 0 atom stereocenters. The van der Waals surface area contributed by atoms with Crippen LogP contribution in [-0.2, 0) is 30.4 Å².